The van der Waals surface area contributed by atoms with Gasteiger partial charge in [0.1, 0.15) is 12.1 Å². The van der Waals surface area contributed by atoms with E-state index < -0.39 is 43.2 Å². The summed E-state index contributed by atoms with van der Waals surface area (Å²) in [5.74, 6) is -2.26. The van der Waals surface area contributed by atoms with Crippen molar-refractivity contribution in [3.63, 3.8) is 0 Å². The maximum atomic E-state index is 12.6. The molecule has 0 aromatic rings. The van der Waals surface area contributed by atoms with Crippen molar-refractivity contribution in [3.8, 4) is 0 Å². The number of esters is 1. The minimum atomic E-state index is -3.98. The third-order valence-electron chi connectivity index (χ3n) is 4.34. The molecule has 2 aliphatic heterocycles. The van der Waals surface area contributed by atoms with Gasteiger partial charge in [0.2, 0.25) is 5.91 Å². The quantitative estimate of drug-likeness (QED) is 0.371. The summed E-state index contributed by atoms with van der Waals surface area (Å²) < 4.78 is 33.5. The van der Waals surface area contributed by atoms with E-state index in [2.05, 4.69) is 10.4 Å². The fourth-order valence-electron chi connectivity index (χ4n) is 2.63. The van der Waals surface area contributed by atoms with Crippen LogP contribution in [-0.4, -0.2) is 67.6 Å². The topological polar surface area (TPSA) is 149 Å². The van der Waals surface area contributed by atoms with Crippen LogP contribution in [0.5, 0.6) is 0 Å². The maximum Gasteiger partial charge on any atom is 0.407 e. The minimum Gasteiger partial charge on any atom is -0.480 e. The Hall–Kier alpha value is -1.52. The van der Waals surface area contributed by atoms with E-state index in [4.69, 9.17) is 23.6 Å². The van der Waals surface area contributed by atoms with E-state index in [0.29, 0.717) is 19.6 Å². The molecule has 12 heteroatoms. The third-order valence-corrected chi connectivity index (χ3v) is 6.00. The largest absolute Gasteiger partial charge is 0.480 e. The highest BCUT2D eigenvalue weighted by molar-refractivity contribution is 7.51. The van der Waals surface area contributed by atoms with Crippen molar-refractivity contribution in [2.75, 3.05) is 26.4 Å². The molecule has 11 nitrogen and oxygen atoms in total. The molecule has 0 saturated carbocycles. The lowest BCUT2D eigenvalue weighted by molar-refractivity contribution is -0.149. The second-order valence-electron chi connectivity index (χ2n) is 7.45. The summed E-state index contributed by atoms with van der Waals surface area (Å²) in [6.07, 6.45) is -0.786. The van der Waals surface area contributed by atoms with Crippen LogP contribution in [-0.2, 0) is 37.5 Å². The predicted octanol–water partition coefficient (Wildman–Crippen LogP) is 0.437. The first kappa shape index (κ1) is 22.8. The van der Waals surface area contributed by atoms with Crippen molar-refractivity contribution < 1.29 is 42.6 Å². The first-order valence-corrected chi connectivity index (χ1v) is 10.6. The molecule has 28 heavy (non-hydrogen) atoms. The number of nitrogens with one attached hydrogen (secondary N) is 2. The first-order chi connectivity index (χ1) is 13.0. The van der Waals surface area contributed by atoms with Gasteiger partial charge in [0, 0.05) is 18.4 Å². The molecule has 2 rings (SSSR count). The molecule has 2 unspecified atom stereocenters. The van der Waals surface area contributed by atoms with Gasteiger partial charge in [0.15, 0.2) is 6.10 Å². The highest BCUT2D eigenvalue weighted by Crippen LogP contribution is 2.53. The Labute approximate surface area is 163 Å². The zero-order chi connectivity index (χ0) is 20.9. The lowest BCUT2D eigenvalue weighted by Crippen LogP contribution is -2.51. The molecule has 0 aromatic heterocycles. The van der Waals surface area contributed by atoms with Gasteiger partial charge in [-0.25, -0.2) is 9.65 Å². The fraction of sp³-hybridized carbons (Fsp3) is 0.812. The zero-order valence-electron chi connectivity index (χ0n) is 16.1. The van der Waals surface area contributed by atoms with Crippen molar-refractivity contribution >= 4 is 25.6 Å². The SMILES string of the molecule is CC(NP1(=O)OCC(C)(C)[C@H](C(=O)NCCC(=O)O[C@@H]2CCOC2)O1)C(=O)O. The standard InChI is InChI=1S/C16H27N2O9P/c1-10(15(21)22)18-28(23)25-9-16(2,3)13(27-28)14(20)17-6-4-12(19)26-11-5-7-24-8-11/h10-11,13H,4-9H2,1-3H3,(H,17,20)(H,18,23)(H,21,22)/t10?,11-,13+,28?/m1/s1. The molecule has 3 N–H and O–H groups in total. The van der Waals surface area contributed by atoms with Gasteiger partial charge in [-0.1, -0.05) is 13.8 Å². The summed E-state index contributed by atoms with van der Waals surface area (Å²) in [5, 5.41) is 13.8. The molecular formula is C16H27N2O9P. The molecule has 1 amide bonds. The van der Waals surface area contributed by atoms with E-state index in [-0.39, 0.29) is 25.7 Å². The summed E-state index contributed by atoms with van der Waals surface area (Å²) in [6, 6.07) is -1.19. The van der Waals surface area contributed by atoms with Crippen LogP contribution in [0.3, 0.4) is 0 Å². The first-order valence-electron chi connectivity index (χ1n) is 9.01. The second kappa shape index (κ2) is 9.32. The molecule has 160 valence electrons. The number of carbonyl (C=O) groups is 3. The molecule has 4 atom stereocenters. The molecule has 0 spiro atoms. The Morgan fingerprint density at radius 3 is 2.68 bits per heavy atom. The van der Waals surface area contributed by atoms with E-state index in [1.807, 2.05) is 0 Å². The van der Waals surface area contributed by atoms with Gasteiger partial charge in [0.25, 0.3) is 0 Å². The summed E-state index contributed by atoms with van der Waals surface area (Å²) in [7, 11) is -3.98. The van der Waals surface area contributed by atoms with Gasteiger partial charge in [-0.2, -0.15) is 0 Å². The Morgan fingerprint density at radius 2 is 2.07 bits per heavy atom. The van der Waals surface area contributed by atoms with Crippen LogP contribution in [0.25, 0.3) is 0 Å². The lowest BCUT2D eigenvalue weighted by Gasteiger charge is -2.40. The molecule has 2 heterocycles. The summed E-state index contributed by atoms with van der Waals surface area (Å²) in [6.45, 7) is 5.53. The van der Waals surface area contributed by atoms with Gasteiger partial charge >= 0.3 is 19.7 Å². The van der Waals surface area contributed by atoms with Crippen LogP contribution in [0.1, 0.15) is 33.6 Å². The molecule has 2 saturated heterocycles. The van der Waals surface area contributed by atoms with E-state index in [1.165, 1.54) is 6.92 Å². The highest BCUT2D eigenvalue weighted by atomic mass is 31.2. The molecule has 0 radical (unpaired) electrons. The Balaban J connectivity index is 1.87. The minimum absolute atomic E-state index is 0.0191. The number of ether oxygens (including phenoxy) is 2. The molecule has 0 aromatic carbocycles. The van der Waals surface area contributed by atoms with Crippen LogP contribution in [0.4, 0.5) is 0 Å². The van der Waals surface area contributed by atoms with Crippen molar-refractivity contribution in [2.24, 2.45) is 5.41 Å². The second-order valence-corrected chi connectivity index (χ2v) is 9.17. The molecule has 0 bridgehead atoms. The van der Waals surface area contributed by atoms with E-state index in [1.54, 1.807) is 13.8 Å². The van der Waals surface area contributed by atoms with Gasteiger partial charge in [0.05, 0.1) is 26.2 Å². The van der Waals surface area contributed by atoms with Gasteiger partial charge < -0.3 is 19.9 Å². The fourth-order valence-corrected chi connectivity index (χ4v) is 4.58. The Morgan fingerprint density at radius 1 is 1.36 bits per heavy atom. The van der Waals surface area contributed by atoms with Crippen molar-refractivity contribution in [3.05, 3.63) is 0 Å². The maximum absolute atomic E-state index is 12.6. The summed E-state index contributed by atoms with van der Waals surface area (Å²) >= 11 is 0. The zero-order valence-corrected chi connectivity index (χ0v) is 17.0. The number of carboxylic acids is 1. The average molecular weight is 422 g/mol. The number of carboxylic acid groups (broad SMARTS) is 1. The van der Waals surface area contributed by atoms with Gasteiger partial charge in [-0.05, 0) is 6.92 Å². The predicted molar refractivity (Wildman–Crippen MR) is 95.4 cm³/mol. The van der Waals surface area contributed by atoms with Crippen LogP contribution in [0, 0.1) is 5.41 Å². The number of carbonyl (C=O) groups excluding carboxylic acids is 2. The smallest absolute Gasteiger partial charge is 0.407 e. The molecule has 2 aliphatic rings. The number of rotatable bonds is 8. The van der Waals surface area contributed by atoms with Crippen LogP contribution < -0.4 is 10.4 Å². The van der Waals surface area contributed by atoms with Crippen molar-refractivity contribution in [1.82, 2.24) is 10.4 Å². The Bertz CT molecular complexity index is 648. The Kier molecular flexibility index (Phi) is 7.58. The highest BCUT2D eigenvalue weighted by Gasteiger charge is 2.48. The number of aliphatic carboxylic acids is 1. The van der Waals surface area contributed by atoms with E-state index in [0.717, 1.165) is 0 Å². The third kappa shape index (κ3) is 6.25. The van der Waals surface area contributed by atoms with E-state index >= 15 is 0 Å². The number of hydrogen-bond acceptors (Lipinski definition) is 8. The lowest BCUT2D eigenvalue weighted by atomic mass is 9.87. The number of hydrogen-bond donors (Lipinski definition) is 3. The van der Waals surface area contributed by atoms with Gasteiger partial charge in [-0.15, -0.1) is 0 Å². The normalized spacial score (nSPS) is 30.4. The van der Waals surface area contributed by atoms with Crippen LogP contribution in [0.15, 0.2) is 0 Å². The molecule has 0 aliphatic carbocycles. The van der Waals surface area contributed by atoms with E-state index in [9.17, 15) is 18.9 Å². The summed E-state index contributed by atoms with van der Waals surface area (Å²) in [5.41, 5.74) is -0.812. The van der Waals surface area contributed by atoms with Crippen LogP contribution in [0.2, 0.25) is 0 Å². The van der Waals surface area contributed by atoms with Crippen LogP contribution >= 0.6 is 7.75 Å². The monoisotopic (exact) mass is 422 g/mol. The number of amides is 1. The van der Waals surface area contributed by atoms with Crippen molar-refractivity contribution in [1.29, 1.82) is 0 Å². The molecular weight excluding hydrogens is 395 g/mol. The molecule has 2 fully saturated rings. The average Bonchev–Trinajstić information content (AvgIpc) is 3.10. The van der Waals surface area contributed by atoms with Crippen molar-refractivity contribution in [2.45, 2.75) is 51.9 Å². The van der Waals surface area contributed by atoms with Gasteiger partial charge in [-0.3, -0.25) is 23.4 Å². The summed E-state index contributed by atoms with van der Waals surface area (Å²) in [4.78, 5) is 35.3.